The van der Waals surface area contributed by atoms with Gasteiger partial charge in [0, 0.05) is 31.2 Å². The largest absolute Gasteiger partial charge is 0.378 e. The van der Waals surface area contributed by atoms with Crippen LogP contribution in [0, 0.1) is 0 Å². The average Bonchev–Trinajstić information content (AvgIpc) is 2.58. The SMILES string of the molecule is C=C(C)CN(CC)C(=O)CNc1cc(Cl)ccc1N1CCOCC1. The summed E-state index contributed by atoms with van der Waals surface area (Å²) < 4.78 is 5.41. The molecule has 0 atom stereocenters. The quantitative estimate of drug-likeness (QED) is 0.767. The Kier molecular flexibility index (Phi) is 6.94. The molecule has 1 N–H and O–H groups in total. The van der Waals surface area contributed by atoms with Gasteiger partial charge < -0.3 is 19.9 Å². The van der Waals surface area contributed by atoms with Crippen LogP contribution in [0.4, 0.5) is 11.4 Å². The molecule has 0 bridgehead atoms. The number of rotatable bonds is 7. The lowest BCUT2D eigenvalue weighted by atomic mass is 10.2. The molecule has 0 unspecified atom stereocenters. The van der Waals surface area contributed by atoms with Crippen molar-refractivity contribution in [3.8, 4) is 0 Å². The first-order chi connectivity index (χ1) is 11.5. The third kappa shape index (κ3) is 5.14. The van der Waals surface area contributed by atoms with Crippen LogP contribution in [0.15, 0.2) is 30.4 Å². The number of hydrogen-bond donors (Lipinski definition) is 1. The summed E-state index contributed by atoms with van der Waals surface area (Å²) >= 11 is 6.14. The third-order valence-corrected chi connectivity index (χ3v) is 4.17. The highest BCUT2D eigenvalue weighted by Crippen LogP contribution is 2.29. The molecule has 6 heteroatoms. The zero-order chi connectivity index (χ0) is 17.5. The number of nitrogens with one attached hydrogen (secondary N) is 1. The van der Waals surface area contributed by atoms with Crippen molar-refractivity contribution in [2.24, 2.45) is 0 Å². The molecule has 1 saturated heterocycles. The van der Waals surface area contributed by atoms with E-state index in [9.17, 15) is 4.79 Å². The van der Waals surface area contributed by atoms with Crippen molar-refractivity contribution in [2.45, 2.75) is 13.8 Å². The molecule has 1 aliphatic heterocycles. The Hall–Kier alpha value is -1.72. The fraction of sp³-hybridized carbons (Fsp3) is 0.500. The Morgan fingerprint density at radius 3 is 2.75 bits per heavy atom. The van der Waals surface area contributed by atoms with E-state index in [1.807, 2.05) is 32.0 Å². The van der Waals surface area contributed by atoms with Crippen LogP contribution in [0.25, 0.3) is 0 Å². The van der Waals surface area contributed by atoms with Crippen LogP contribution >= 0.6 is 11.6 Å². The van der Waals surface area contributed by atoms with Crippen LogP contribution in [0.5, 0.6) is 0 Å². The van der Waals surface area contributed by atoms with Crippen LogP contribution in [-0.4, -0.2) is 56.7 Å². The molecule has 5 nitrogen and oxygen atoms in total. The number of hydrogen-bond acceptors (Lipinski definition) is 4. The molecule has 1 amide bonds. The van der Waals surface area contributed by atoms with Gasteiger partial charge in [0.2, 0.25) is 5.91 Å². The minimum Gasteiger partial charge on any atom is -0.378 e. The lowest BCUT2D eigenvalue weighted by molar-refractivity contribution is -0.128. The Morgan fingerprint density at radius 1 is 1.42 bits per heavy atom. The van der Waals surface area contributed by atoms with Crippen molar-refractivity contribution in [3.05, 3.63) is 35.4 Å². The molecular formula is C18H26ClN3O2. The molecule has 1 aliphatic rings. The summed E-state index contributed by atoms with van der Waals surface area (Å²) in [4.78, 5) is 16.4. The van der Waals surface area contributed by atoms with Crippen molar-refractivity contribution in [2.75, 3.05) is 56.2 Å². The van der Waals surface area contributed by atoms with Gasteiger partial charge in [-0.05, 0) is 32.0 Å². The van der Waals surface area contributed by atoms with Crippen LogP contribution < -0.4 is 10.2 Å². The van der Waals surface area contributed by atoms with Crippen LogP contribution in [0.2, 0.25) is 5.02 Å². The molecule has 1 fully saturated rings. The van der Waals surface area contributed by atoms with E-state index in [2.05, 4.69) is 16.8 Å². The van der Waals surface area contributed by atoms with Crippen molar-refractivity contribution in [1.29, 1.82) is 0 Å². The minimum absolute atomic E-state index is 0.0494. The summed E-state index contributed by atoms with van der Waals surface area (Å²) in [7, 11) is 0. The predicted octanol–water partition coefficient (Wildman–Crippen LogP) is 3.01. The summed E-state index contributed by atoms with van der Waals surface area (Å²) in [5.74, 6) is 0.0494. The average molecular weight is 352 g/mol. The number of carbonyl (C=O) groups is 1. The number of nitrogens with zero attached hydrogens (tertiary/aromatic N) is 2. The second kappa shape index (κ2) is 8.94. The molecular weight excluding hydrogens is 326 g/mol. The summed E-state index contributed by atoms with van der Waals surface area (Å²) in [6.07, 6.45) is 0. The summed E-state index contributed by atoms with van der Waals surface area (Å²) in [6.45, 7) is 12.4. The van der Waals surface area contributed by atoms with Gasteiger partial charge >= 0.3 is 0 Å². The van der Waals surface area contributed by atoms with Gasteiger partial charge in [-0.3, -0.25) is 4.79 Å². The molecule has 132 valence electrons. The van der Waals surface area contributed by atoms with E-state index < -0.39 is 0 Å². The van der Waals surface area contributed by atoms with Gasteiger partial charge in [-0.1, -0.05) is 23.8 Å². The zero-order valence-corrected chi connectivity index (χ0v) is 15.2. The lowest BCUT2D eigenvalue weighted by Gasteiger charge is -2.31. The second-order valence-electron chi connectivity index (χ2n) is 5.98. The van der Waals surface area contributed by atoms with E-state index in [1.54, 1.807) is 4.90 Å². The molecule has 2 rings (SSSR count). The Balaban J connectivity index is 2.06. The standard InChI is InChI=1S/C18H26ClN3O2/c1-4-21(13-14(2)3)18(23)12-20-16-11-15(19)5-6-17(16)22-7-9-24-10-8-22/h5-6,11,20H,2,4,7-10,12-13H2,1,3H3. The number of ether oxygens (including phenoxy) is 1. The van der Waals surface area contributed by atoms with E-state index in [1.165, 1.54) is 0 Å². The van der Waals surface area contributed by atoms with Gasteiger partial charge in [-0.25, -0.2) is 0 Å². The number of amides is 1. The highest BCUT2D eigenvalue weighted by Gasteiger charge is 2.17. The topological polar surface area (TPSA) is 44.8 Å². The van der Waals surface area contributed by atoms with Crippen molar-refractivity contribution in [1.82, 2.24) is 4.90 Å². The first-order valence-electron chi connectivity index (χ1n) is 8.29. The minimum atomic E-state index is 0.0494. The molecule has 0 spiro atoms. The smallest absolute Gasteiger partial charge is 0.242 e. The van der Waals surface area contributed by atoms with Gasteiger partial charge in [0.1, 0.15) is 0 Å². The number of morpholine rings is 1. The molecule has 0 aromatic heterocycles. The Labute approximate surface area is 149 Å². The van der Waals surface area contributed by atoms with E-state index in [0.717, 1.165) is 30.0 Å². The maximum Gasteiger partial charge on any atom is 0.242 e. The first kappa shape index (κ1) is 18.6. The van der Waals surface area contributed by atoms with Gasteiger partial charge in [-0.15, -0.1) is 0 Å². The van der Waals surface area contributed by atoms with E-state index in [-0.39, 0.29) is 12.5 Å². The first-order valence-corrected chi connectivity index (χ1v) is 8.67. The van der Waals surface area contributed by atoms with Crippen molar-refractivity contribution < 1.29 is 9.53 Å². The molecule has 1 aromatic carbocycles. The summed E-state index contributed by atoms with van der Waals surface area (Å²) in [6, 6.07) is 5.74. The molecule has 0 aliphatic carbocycles. The molecule has 24 heavy (non-hydrogen) atoms. The lowest BCUT2D eigenvalue weighted by Crippen LogP contribution is -2.38. The van der Waals surface area contributed by atoms with Crippen LogP contribution in [0.3, 0.4) is 0 Å². The van der Waals surface area contributed by atoms with E-state index in [4.69, 9.17) is 16.3 Å². The molecule has 0 saturated carbocycles. The molecule has 1 heterocycles. The summed E-state index contributed by atoms with van der Waals surface area (Å²) in [5, 5.41) is 3.90. The predicted molar refractivity (Wildman–Crippen MR) is 100 cm³/mol. The number of carbonyl (C=O) groups excluding carboxylic acids is 1. The fourth-order valence-corrected chi connectivity index (χ4v) is 2.89. The second-order valence-corrected chi connectivity index (χ2v) is 6.42. The van der Waals surface area contributed by atoms with Crippen molar-refractivity contribution >= 4 is 28.9 Å². The van der Waals surface area contributed by atoms with Gasteiger partial charge in [0.25, 0.3) is 0 Å². The summed E-state index contributed by atoms with van der Waals surface area (Å²) in [5.41, 5.74) is 2.91. The maximum atomic E-state index is 12.4. The number of benzene rings is 1. The number of likely N-dealkylation sites (N-methyl/N-ethyl adjacent to an activating group) is 1. The number of anilines is 2. The zero-order valence-electron chi connectivity index (χ0n) is 14.5. The van der Waals surface area contributed by atoms with Crippen LogP contribution in [0.1, 0.15) is 13.8 Å². The highest BCUT2D eigenvalue weighted by atomic mass is 35.5. The molecule has 0 radical (unpaired) electrons. The normalized spacial score (nSPS) is 14.4. The number of halogens is 1. The Morgan fingerprint density at radius 2 is 2.12 bits per heavy atom. The fourth-order valence-electron chi connectivity index (χ4n) is 2.71. The third-order valence-electron chi connectivity index (χ3n) is 3.94. The maximum absolute atomic E-state index is 12.4. The van der Waals surface area contributed by atoms with Crippen LogP contribution in [-0.2, 0) is 9.53 Å². The Bertz CT molecular complexity index is 586. The van der Waals surface area contributed by atoms with E-state index in [0.29, 0.717) is 31.3 Å². The highest BCUT2D eigenvalue weighted by molar-refractivity contribution is 6.31. The van der Waals surface area contributed by atoms with Gasteiger partial charge in [0.05, 0.1) is 31.1 Å². The molecule has 1 aromatic rings. The van der Waals surface area contributed by atoms with Gasteiger partial charge in [-0.2, -0.15) is 0 Å². The van der Waals surface area contributed by atoms with Crippen molar-refractivity contribution in [3.63, 3.8) is 0 Å². The van der Waals surface area contributed by atoms with E-state index >= 15 is 0 Å². The van der Waals surface area contributed by atoms with Gasteiger partial charge in [0.15, 0.2) is 0 Å². The monoisotopic (exact) mass is 351 g/mol.